The molecule has 2 aromatic rings. The van der Waals surface area contributed by atoms with Gasteiger partial charge in [0.05, 0.1) is 7.11 Å². The maximum absolute atomic E-state index is 13.7. The Morgan fingerprint density at radius 1 is 1.12 bits per heavy atom. The molecule has 0 atom stereocenters. The second-order valence-electron chi connectivity index (χ2n) is 3.68. The van der Waals surface area contributed by atoms with E-state index in [1.165, 1.54) is 6.07 Å². The van der Waals surface area contributed by atoms with E-state index >= 15 is 0 Å². The molecule has 0 N–H and O–H groups in total. The summed E-state index contributed by atoms with van der Waals surface area (Å²) in [5.41, 5.74) is 2.28. The minimum absolute atomic E-state index is 0.246. The zero-order chi connectivity index (χ0) is 12.3. The molecular formula is C14H12ClFO. The van der Waals surface area contributed by atoms with Gasteiger partial charge in [-0.3, -0.25) is 0 Å². The Labute approximate surface area is 105 Å². The van der Waals surface area contributed by atoms with E-state index in [0.717, 1.165) is 16.9 Å². The second-order valence-corrected chi connectivity index (χ2v) is 3.94. The van der Waals surface area contributed by atoms with Crippen LogP contribution in [0.1, 0.15) is 5.56 Å². The van der Waals surface area contributed by atoms with Gasteiger partial charge in [0.25, 0.3) is 0 Å². The lowest BCUT2D eigenvalue weighted by Gasteiger charge is -2.06. The van der Waals surface area contributed by atoms with Crippen LogP contribution in [-0.2, 0) is 5.88 Å². The van der Waals surface area contributed by atoms with Crippen LogP contribution < -0.4 is 4.74 Å². The fourth-order valence-corrected chi connectivity index (χ4v) is 1.81. The molecule has 0 bridgehead atoms. The molecule has 0 fully saturated rings. The number of methoxy groups -OCH3 is 1. The van der Waals surface area contributed by atoms with Crippen molar-refractivity contribution in [2.75, 3.05) is 7.11 Å². The molecule has 0 aliphatic rings. The summed E-state index contributed by atoms with van der Waals surface area (Å²) >= 11 is 5.74. The molecular weight excluding hydrogens is 239 g/mol. The molecule has 2 rings (SSSR count). The van der Waals surface area contributed by atoms with Crippen molar-refractivity contribution in [2.45, 2.75) is 5.88 Å². The molecule has 0 aliphatic heterocycles. The van der Waals surface area contributed by atoms with Crippen molar-refractivity contribution in [3.05, 3.63) is 53.8 Å². The summed E-state index contributed by atoms with van der Waals surface area (Å²) in [5, 5.41) is 0. The Kier molecular flexibility index (Phi) is 3.64. The third-order valence-electron chi connectivity index (χ3n) is 2.59. The third kappa shape index (κ3) is 2.59. The average molecular weight is 251 g/mol. The number of halogens is 2. The van der Waals surface area contributed by atoms with Crippen molar-refractivity contribution in [2.24, 2.45) is 0 Å². The Bertz CT molecular complexity index is 508. The SMILES string of the molecule is COc1ccc(-c2cc(CCl)ccc2F)cc1. The van der Waals surface area contributed by atoms with Crippen LogP contribution in [0.15, 0.2) is 42.5 Å². The molecule has 0 saturated heterocycles. The summed E-state index contributed by atoms with van der Waals surface area (Å²) in [7, 11) is 1.60. The average Bonchev–Trinajstić information content (AvgIpc) is 2.39. The highest BCUT2D eigenvalue weighted by atomic mass is 35.5. The van der Waals surface area contributed by atoms with E-state index in [1.54, 1.807) is 19.2 Å². The van der Waals surface area contributed by atoms with Crippen LogP contribution in [-0.4, -0.2) is 7.11 Å². The summed E-state index contributed by atoms with van der Waals surface area (Å²) in [4.78, 5) is 0. The first kappa shape index (κ1) is 11.9. The fourth-order valence-electron chi connectivity index (χ4n) is 1.65. The van der Waals surface area contributed by atoms with Gasteiger partial charge in [-0.25, -0.2) is 4.39 Å². The summed E-state index contributed by atoms with van der Waals surface area (Å²) in [5.74, 6) is 0.885. The van der Waals surface area contributed by atoms with Gasteiger partial charge >= 0.3 is 0 Å². The highest BCUT2D eigenvalue weighted by Gasteiger charge is 2.06. The van der Waals surface area contributed by atoms with E-state index in [-0.39, 0.29) is 5.82 Å². The van der Waals surface area contributed by atoms with Gasteiger partial charge in [-0.15, -0.1) is 11.6 Å². The van der Waals surface area contributed by atoms with Crippen LogP contribution in [0.2, 0.25) is 0 Å². The number of ether oxygens (including phenoxy) is 1. The lowest BCUT2D eigenvalue weighted by Crippen LogP contribution is -1.88. The van der Waals surface area contributed by atoms with Gasteiger partial charge < -0.3 is 4.74 Å². The summed E-state index contributed by atoms with van der Waals surface area (Å²) in [6, 6.07) is 12.2. The minimum Gasteiger partial charge on any atom is -0.497 e. The van der Waals surface area contributed by atoms with Gasteiger partial charge in [0.2, 0.25) is 0 Å². The number of benzene rings is 2. The van der Waals surface area contributed by atoms with Crippen LogP contribution in [0, 0.1) is 5.82 Å². The molecule has 3 heteroatoms. The molecule has 0 aromatic heterocycles. The Morgan fingerprint density at radius 3 is 2.41 bits per heavy atom. The minimum atomic E-state index is -0.246. The van der Waals surface area contributed by atoms with Crippen molar-refractivity contribution < 1.29 is 9.13 Å². The predicted octanol–water partition coefficient (Wildman–Crippen LogP) is 4.24. The number of alkyl halides is 1. The van der Waals surface area contributed by atoms with E-state index in [9.17, 15) is 4.39 Å². The molecule has 0 aliphatic carbocycles. The van der Waals surface area contributed by atoms with Crippen molar-refractivity contribution in [1.82, 2.24) is 0 Å². The zero-order valence-electron chi connectivity index (χ0n) is 9.41. The number of hydrogen-bond donors (Lipinski definition) is 0. The second kappa shape index (κ2) is 5.19. The first-order valence-corrected chi connectivity index (χ1v) is 5.77. The predicted molar refractivity (Wildman–Crippen MR) is 67.9 cm³/mol. The molecule has 0 unspecified atom stereocenters. The van der Waals surface area contributed by atoms with Gasteiger partial charge in [0.15, 0.2) is 0 Å². The molecule has 0 saturated carbocycles. The Morgan fingerprint density at radius 2 is 1.82 bits per heavy atom. The van der Waals surface area contributed by atoms with Gasteiger partial charge in [-0.1, -0.05) is 18.2 Å². The Balaban J connectivity index is 2.43. The summed E-state index contributed by atoms with van der Waals surface area (Å²) in [6.07, 6.45) is 0. The van der Waals surface area contributed by atoms with Crippen LogP contribution in [0.5, 0.6) is 5.75 Å². The molecule has 1 nitrogen and oxygen atoms in total. The molecule has 0 amide bonds. The van der Waals surface area contributed by atoms with Gasteiger partial charge in [0.1, 0.15) is 11.6 Å². The van der Waals surface area contributed by atoms with E-state index in [2.05, 4.69) is 0 Å². The number of hydrogen-bond acceptors (Lipinski definition) is 1. The van der Waals surface area contributed by atoms with E-state index in [4.69, 9.17) is 16.3 Å². The molecule has 0 spiro atoms. The standard InChI is InChI=1S/C14H12ClFO/c1-17-12-5-3-11(4-6-12)13-8-10(9-15)2-7-14(13)16/h2-8H,9H2,1H3. The van der Waals surface area contributed by atoms with Crippen LogP contribution in [0.3, 0.4) is 0 Å². The maximum Gasteiger partial charge on any atom is 0.131 e. The monoisotopic (exact) mass is 250 g/mol. The lowest BCUT2D eigenvalue weighted by atomic mass is 10.0. The lowest BCUT2D eigenvalue weighted by molar-refractivity contribution is 0.415. The Hall–Kier alpha value is -1.54. The molecule has 88 valence electrons. The molecule has 0 radical (unpaired) electrons. The highest BCUT2D eigenvalue weighted by Crippen LogP contribution is 2.26. The maximum atomic E-state index is 13.7. The first-order valence-electron chi connectivity index (χ1n) is 5.23. The normalized spacial score (nSPS) is 10.3. The van der Waals surface area contributed by atoms with E-state index in [0.29, 0.717) is 11.4 Å². The topological polar surface area (TPSA) is 9.23 Å². The zero-order valence-corrected chi connectivity index (χ0v) is 10.2. The first-order chi connectivity index (χ1) is 8.24. The quantitative estimate of drug-likeness (QED) is 0.741. The molecule has 2 aromatic carbocycles. The van der Waals surface area contributed by atoms with Crippen molar-refractivity contribution in [1.29, 1.82) is 0 Å². The van der Waals surface area contributed by atoms with Crippen LogP contribution >= 0.6 is 11.6 Å². The van der Waals surface area contributed by atoms with Gasteiger partial charge in [-0.05, 0) is 35.4 Å². The number of rotatable bonds is 3. The van der Waals surface area contributed by atoms with Crippen LogP contribution in [0.4, 0.5) is 4.39 Å². The highest BCUT2D eigenvalue weighted by molar-refractivity contribution is 6.17. The summed E-state index contributed by atoms with van der Waals surface area (Å²) < 4.78 is 18.8. The van der Waals surface area contributed by atoms with Crippen molar-refractivity contribution in [3.63, 3.8) is 0 Å². The van der Waals surface area contributed by atoms with Gasteiger partial charge in [0, 0.05) is 11.4 Å². The molecule has 17 heavy (non-hydrogen) atoms. The molecule has 0 heterocycles. The third-order valence-corrected chi connectivity index (χ3v) is 2.89. The van der Waals surface area contributed by atoms with E-state index in [1.807, 2.05) is 24.3 Å². The van der Waals surface area contributed by atoms with Crippen molar-refractivity contribution >= 4 is 11.6 Å². The fraction of sp³-hybridized carbons (Fsp3) is 0.143. The van der Waals surface area contributed by atoms with E-state index < -0.39 is 0 Å². The smallest absolute Gasteiger partial charge is 0.131 e. The largest absolute Gasteiger partial charge is 0.497 e. The van der Waals surface area contributed by atoms with Crippen molar-refractivity contribution in [3.8, 4) is 16.9 Å². The summed E-state index contributed by atoms with van der Waals surface area (Å²) in [6.45, 7) is 0. The van der Waals surface area contributed by atoms with Crippen LogP contribution in [0.25, 0.3) is 11.1 Å². The van der Waals surface area contributed by atoms with Gasteiger partial charge in [-0.2, -0.15) is 0 Å².